The monoisotopic (exact) mass is 302 g/mol. The van der Waals surface area contributed by atoms with Gasteiger partial charge in [-0.05, 0) is 44.4 Å². The van der Waals surface area contributed by atoms with Crippen molar-refractivity contribution in [2.75, 3.05) is 0 Å². The maximum atomic E-state index is 6.38. The quantitative estimate of drug-likeness (QED) is 0.647. The van der Waals surface area contributed by atoms with Crippen molar-refractivity contribution in [1.82, 2.24) is 0 Å². The molecular formula is C15H27BrO. The molecule has 0 heterocycles. The summed E-state index contributed by atoms with van der Waals surface area (Å²) in [4.78, 5) is 0.599. The van der Waals surface area contributed by atoms with E-state index in [2.05, 4.69) is 22.9 Å². The molecule has 0 radical (unpaired) electrons. The first-order valence-electron chi connectivity index (χ1n) is 7.55. The lowest BCUT2D eigenvalue weighted by Gasteiger charge is -2.33. The summed E-state index contributed by atoms with van der Waals surface area (Å²) < 4.78 is 6.38. The van der Waals surface area contributed by atoms with Gasteiger partial charge in [0.05, 0.1) is 12.2 Å². The van der Waals surface area contributed by atoms with Crippen LogP contribution in [0.2, 0.25) is 0 Å². The zero-order valence-electron chi connectivity index (χ0n) is 11.2. The molecule has 2 atom stereocenters. The van der Waals surface area contributed by atoms with Crippen LogP contribution in [-0.4, -0.2) is 17.0 Å². The van der Waals surface area contributed by atoms with Gasteiger partial charge in [-0.2, -0.15) is 0 Å². The molecule has 2 unspecified atom stereocenters. The third-order valence-electron chi connectivity index (χ3n) is 4.45. The van der Waals surface area contributed by atoms with Crippen molar-refractivity contribution in [3.8, 4) is 0 Å². The van der Waals surface area contributed by atoms with E-state index in [1.807, 2.05) is 0 Å². The highest BCUT2D eigenvalue weighted by molar-refractivity contribution is 9.09. The number of hydrogen-bond donors (Lipinski definition) is 0. The Kier molecular flexibility index (Phi) is 5.82. The summed E-state index contributed by atoms with van der Waals surface area (Å²) in [6, 6.07) is 0. The molecule has 100 valence electrons. The molecule has 0 amide bonds. The highest BCUT2D eigenvalue weighted by atomic mass is 79.9. The average molecular weight is 303 g/mol. The van der Waals surface area contributed by atoms with E-state index < -0.39 is 0 Å². The third kappa shape index (κ3) is 4.55. The van der Waals surface area contributed by atoms with Gasteiger partial charge in [0.15, 0.2) is 0 Å². The second kappa shape index (κ2) is 7.13. The Balaban J connectivity index is 1.78. The summed E-state index contributed by atoms with van der Waals surface area (Å²) in [5.74, 6) is 0.923. The minimum atomic E-state index is 0.480. The molecular weight excluding hydrogens is 276 g/mol. The summed E-state index contributed by atoms with van der Waals surface area (Å²) in [5.41, 5.74) is 0. The Morgan fingerprint density at radius 1 is 0.824 bits per heavy atom. The molecule has 2 heteroatoms. The normalized spacial score (nSPS) is 40.6. The minimum Gasteiger partial charge on any atom is -0.374 e. The first kappa shape index (κ1) is 13.9. The Bertz CT molecular complexity index is 211. The molecule has 2 rings (SSSR count). The predicted octanol–water partition coefficient (Wildman–Crippen LogP) is 5.07. The van der Waals surface area contributed by atoms with E-state index in [9.17, 15) is 0 Å². The molecule has 0 aromatic heterocycles. The van der Waals surface area contributed by atoms with Crippen LogP contribution < -0.4 is 0 Å². The SMILES string of the molecule is CC1CCC(OC2CCCCCCC2Br)CC1. The molecule has 2 saturated carbocycles. The molecule has 0 saturated heterocycles. The minimum absolute atomic E-state index is 0.480. The molecule has 0 spiro atoms. The lowest BCUT2D eigenvalue weighted by Crippen LogP contribution is -2.32. The highest BCUT2D eigenvalue weighted by Crippen LogP contribution is 2.31. The zero-order chi connectivity index (χ0) is 12.1. The van der Waals surface area contributed by atoms with E-state index in [1.165, 1.54) is 64.2 Å². The van der Waals surface area contributed by atoms with Crippen molar-refractivity contribution >= 4 is 15.9 Å². The van der Waals surface area contributed by atoms with Gasteiger partial charge in [-0.1, -0.05) is 48.5 Å². The van der Waals surface area contributed by atoms with Gasteiger partial charge in [-0.25, -0.2) is 0 Å². The van der Waals surface area contributed by atoms with Crippen molar-refractivity contribution in [2.24, 2.45) is 5.92 Å². The Labute approximate surface area is 115 Å². The number of halogens is 1. The maximum Gasteiger partial charge on any atom is 0.0703 e. The number of ether oxygens (including phenoxy) is 1. The lowest BCUT2D eigenvalue weighted by molar-refractivity contribution is -0.0417. The van der Waals surface area contributed by atoms with Gasteiger partial charge < -0.3 is 4.74 Å². The van der Waals surface area contributed by atoms with Crippen LogP contribution in [-0.2, 0) is 4.74 Å². The van der Waals surface area contributed by atoms with Gasteiger partial charge in [0.25, 0.3) is 0 Å². The largest absolute Gasteiger partial charge is 0.374 e. The summed E-state index contributed by atoms with van der Waals surface area (Å²) >= 11 is 3.85. The first-order chi connectivity index (χ1) is 8.25. The van der Waals surface area contributed by atoms with Crippen molar-refractivity contribution in [3.63, 3.8) is 0 Å². The van der Waals surface area contributed by atoms with Crippen LogP contribution in [0.25, 0.3) is 0 Å². The highest BCUT2D eigenvalue weighted by Gasteiger charge is 2.26. The van der Waals surface area contributed by atoms with Crippen LogP contribution in [0.4, 0.5) is 0 Å². The van der Waals surface area contributed by atoms with Gasteiger partial charge >= 0.3 is 0 Å². The van der Waals surface area contributed by atoms with Gasteiger partial charge in [-0.3, -0.25) is 0 Å². The molecule has 0 aromatic carbocycles. The summed E-state index contributed by atoms with van der Waals surface area (Å²) in [6.45, 7) is 2.37. The summed E-state index contributed by atoms with van der Waals surface area (Å²) in [5, 5.41) is 0. The summed E-state index contributed by atoms with van der Waals surface area (Å²) in [7, 11) is 0. The Morgan fingerprint density at radius 3 is 2.18 bits per heavy atom. The van der Waals surface area contributed by atoms with Gasteiger partial charge in [0, 0.05) is 4.83 Å². The van der Waals surface area contributed by atoms with Gasteiger partial charge in [0.1, 0.15) is 0 Å². The zero-order valence-corrected chi connectivity index (χ0v) is 12.8. The number of alkyl halides is 1. The first-order valence-corrected chi connectivity index (χ1v) is 8.47. The molecule has 0 N–H and O–H groups in total. The molecule has 1 nitrogen and oxygen atoms in total. The Hall–Kier alpha value is 0.440. The molecule has 0 bridgehead atoms. The second-order valence-corrected chi connectivity index (χ2v) is 7.24. The fourth-order valence-corrected chi connectivity index (χ4v) is 3.88. The fourth-order valence-electron chi connectivity index (χ4n) is 3.17. The smallest absolute Gasteiger partial charge is 0.0703 e. The molecule has 0 aromatic rings. The van der Waals surface area contributed by atoms with Crippen LogP contribution in [0, 0.1) is 5.92 Å². The number of rotatable bonds is 2. The van der Waals surface area contributed by atoms with Crippen molar-refractivity contribution in [1.29, 1.82) is 0 Å². The third-order valence-corrected chi connectivity index (χ3v) is 5.50. The van der Waals surface area contributed by atoms with Gasteiger partial charge in [-0.15, -0.1) is 0 Å². The van der Waals surface area contributed by atoms with E-state index in [0.717, 1.165) is 5.92 Å². The lowest BCUT2D eigenvalue weighted by atomic mass is 9.88. The van der Waals surface area contributed by atoms with Crippen molar-refractivity contribution in [3.05, 3.63) is 0 Å². The molecule has 2 aliphatic rings. The van der Waals surface area contributed by atoms with E-state index in [-0.39, 0.29) is 0 Å². The van der Waals surface area contributed by atoms with Crippen LogP contribution in [0.3, 0.4) is 0 Å². The maximum absolute atomic E-state index is 6.38. The van der Waals surface area contributed by atoms with Gasteiger partial charge in [0.2, 0.25) is 0 Å². The van der Waals surface area contributed by atoms with Crippen LogP contribution in [0.5, 0.6) is 0 Å². The van der Waals surface area contributed by atoms with E-state index in [1.54, 1.807) is 0 Å². The molecule has 17 heavy (non-hydrogen) atoms. The molecule has 2 fully saturated rings. The van der Waals surface area contributed by atoms with E-state index in [0.29, 0.717) is 17.0 Å². The van der Waals surface area contributed by atoms with Crippen LogP contribution in [0.1, 0.15) is 71.1 Å². The number of hydrogen-bond acceptors (Lipinski definition) is 1. The average Bonchev–Trinajstić information content (AvgIpc) is 2.31. The van der Waals surface area contributed by atoms with E-state index >= 15 is 0 Å². The van der Waals surface area contributed by atoms with Crippen LogP contribution in [0.15, 0.2) is 0 Å². The van der Waals surface area contributed by atoms with E-state index in [4.69, 9.17) is 4.74 Å². The molecule has 0 aliphatic heterocycles. The second-order valence-electron chi connectivity index (χ2n) is 6.06. The molecule has 2 aliphatic carbocycles. The Morgan fingerprint density at radius 2 is 1.47 bits per heavy atom. The predicted molar refractivity (Wildman–Crippen MR) is 76.7 cm³/mol. The van der Waals surface area contributed by atoms with Crippen molar-refractivity contribution < 1.29 is 4.74 Å². The standard InChI is InChI=1S/C15H27BrO/c1-12-8-10-13(11-9-12)17-15-7-5-3-2-4-6-14(15)16/h12-15H,2-11H2,1H3. The fraction of sp³-hybridized carbons (Fsp3) is 1.00. The van der Waals surface area contributed by atoms with Crippen molar-refractivity contribution in [2.45, 2.75) is 88.2 Å². The summed E-state index contributed by atoms with van der Waals surface area (Å²) in [6.07, 6.45) is 14.5. The van der Waals surface area contributed by atoms with Crippen LogP contribution >= 0.6 is 15.9 Å². The topological polar surface area (TPSA) is 9.23 Å².